The number of fused-ring (bicyclic) bond motifs is 1. The number of benzene rings is 1. The molecule has 5 nitrogen and oxygen atoms in total. The molecule has 0 aliphatic carbocycles. The normalized spacial score (nSPS) is 10.8. The second-order valence-electron chi connectivity index (χ2n) is 4.21. The van der Waals surface area contributed by atoms with Crippen molar-refractivity contribution in [3.05, 3.63) is 46.2 Å². The van der Waals surface area contributed by atoms with Crippen LogP contribution in [0.15, 0.2) is 30.5 Å². The van der Waals surface area contributed by atoms with Crippen molar-refractivity contribution in [1.29, 1.82) is 0 Å². The third-order valence-electron chi connectivity index (χ3n) is 2.75. The van der Waals surface area contributed by atoms with Gasteiger partial charge in [0.05, 0.1) is 11.9 Å². The molecule has 0 saturated heterocycles. The fourth-order valence-electron chi connectivity index (χ4n) is 1.86. The number of nitrogens with two attached hydrogens (primary N) is 1. The van der Waals surface area contributed by atoms with Gasteiger partial charge in [-0.05, 0) is 24.3 Å². The van der Waals surface area contributed by atoms with Crippen molar-refractivity contribution >= 4 is 50.4 Å². The minimum Gasteiger partial charge on any atom is -0.397 e. The summed E-state index contributed by atoms with van der Waals surface area (Å²) in [5.41, 5.74) is 6.52. The van der Waals surface area contributed by atoms with Crippen molar-refractivity contribution < 1.29 is 9.18 Å². The number of halogens is 2. The molecule has 0 unspecified atom stereocenters. The van der Waals surface area contributed by atoms with E-state index >= 15 is 0 Å². The van der Waals surface area contributed by atoms with Crippen LogP contribution >= 0.6 is 22.9 Å². The van der Waals surface area contributed by atoms with Crippen molar-refractivity contribution in [1.82, 2.24) is 10.2 Å². The molecular formula is C13H8ClFN4OS. The van der Waals surface area contributed by atoms with Gasteiger partial charge in [0.2, 0.25) is 0 Å². The van der Waals surface area contributed by atoms with E-state index < -0.39 is 11.7 Å². The Morgan fingerprint density at radius 3 is 2.90 bits per heavy atom. The Bertz CT molecular complexity index is 831. The summed E-state index contributed by atoms with van der Waals surface area (Å²) in [5, 5.41) is 11.1. The van der Waals surface area contributed by atoms with Gasteiger partial charge >= 0.3 is 0 Å². The molecule has 8 heteroatoms. The average molecular weight is 323 g/mol. The first kappa shape index (κ1) is 13.7. The van der Waals surface area contributed by atoms with Crippen LogP contribution in [0.1, 0.15) is 9.67 Å². The number of amides is 1. The number of carbonyl (C=O) groups excluding carboxylic acids is 1. The van der Waals surface area contributed by atoms with Gasteiger partial charge in [-0.15, -0.1) is 16.4 Å². The topological polar surface area (TPSA) is 80.9 Å². The maximum absolute atomic E-state index is 13.3. The van der Waals surface area contributed by atoms with Crippen LogP contribution in [-0.2, 0) is 0 Å². The number of aromatic nitrogens is 2. The number of nitrogen functional groups attached to an aromatic ring is 1. The number of rotatable bonds is 2. The van der Waals surface area contributed by atoms with Crippen molar-refractivity contribution in [3.8, 4) is 0 Å². The molecule has 0 radical (unpaired) electrons. The van der Waals surface area contributed by atoms with Crippen LogP contribution < -0.4 is 11.1 Å². The lowest BCUT2D eigenvalue weighted by atomic mass is 10.2. The van der Waals surface area contributed by atoms with Crippen LogP contribution in [0, 0.1) is 5.82 Å². The van der Waals surface area contributed by atoms with Gasteiger partial charge in [0, 0.05) is 16.1 Å². The van der Waals surface area contributed by atoms with E-state index in [1.54, 1.807) is 6.07 Å². The minimum absolute atomic E-state index is 0.195. The fraction of sp³-hybridized carbons (Fsp3) is 0. The zero-order chi connectivity index (χ0) is 15.0. The fourth-order valence-corrected chi connectivity index (χ4v) is 3.01. The van der Waals surface area contributed by atoms with E-state index in [1.165, 1.54) is 18.3 Å². The number of hydrogen-bond acceptors (Lipinski definition) is 5. The molecule has 1 aromatic carbocycles. The minimum atomic E-state index is -0.534. The molecule has 3 rings (SSSR count). The summed E-state index contributed by atoms with van der Waals surface area (Å²) in [6, 6.07) is 5.46. The van der Waals surface area contributed by atoms with Crippen LogP contribution in [0.2, 0.25) is 5.02 Å². The van der Waals surface area contributed by atoms with Crippen LogP contribution in [0.25, 0.3) is 10.2 Å². The Balaban J connectivity index is 1.95. The van der Waals surface area contributed by atoms with Crippen molar-refractivity contribution in [2.45, 2.75) is 0 Å². The van der Waals surface area contributed by atoms with Gasteiger partial charge in [-0.1, -0.05) is 11.6 Å². The molecular weight excluding hydrogens is 315 g/mol. The molecule has 0 fully saturated rings. The number of carbonyl (C=O) groups is 1. The molecule has 21 heavy (non-hydrogen) atoms. The van der Waals surface area contributed by atoms with E-state index in [-0.39, 0.29) is 10.7 Å². The molecule has 0 atom stereocenters. The van der Waals surface area contributed by atoms with Gasteiger partial charge in [0.25, 0.3) is 5.91 Å². The lowest BCUT2D eigenvalue weighted by Crippen LogP contribution is -2.12. The number of anilines is 2. The lowest BCUT2D eigenvalue weighted by Gasteiger charge is -2.05. The Morgan fingerprint density at radius 1 is 1.38 bits per heavy atom. The summed E-state index contributed by atoms with van der Waals surface area (Å²) >= 11 is 6.87. The molecule has 106 valence electrons. The van der Waals surface area contributed by atoms with Gasteiger partial charge in [-0.3, -0.25) is 4.79 Å². The SMILES string of the molecule is Nc1c(C(=O)Nc2cc(F)cc(Cl)c2)sc2nnccc12. The third kappa shape index (κ3) is 2.65. The van der Waals surface area contributed by atoms with Crippen molar-refractivity contribution in [3.63, 3.8) is 0 Å². The second kappa shape index (κ2) is 5.27. The second-order valence-corrected chi connectivity index (χ2v) is 5.64. The van der Waals surface area contributed by atoms with E-state index in [2.05, 4.69) is 15.5 Å². The number of nitrogens with one attached hydrogen (secondary N) is 1. The maximum Gasteiger partial charge on any atom is 0.267 e. The van der Waals surface area contributed by atoms with E-state index in [4.69, 9.17) is 17.3 Å². The predicted molar refractivity (Wildman–Crippen MR) is 81.2 cm³/mol. The van der Waals surface area contributed by atoms with E-state index in [0.29, 0.717) is 20.8 Å². The van der Waals surface area contributed by atoms with Crippen LogP contribution in [0.5, 0.6) is 0 Å². The van der Waals surface area contributed by atoms with E-state index in [1.807, 2.05) is 0 Å². The average Bonchev–Trinajstić information content (AvgIpc) is 2.76. The Labute approximate surface area is 127 Å². The van der Waals surface area contributed by atoms with Gasteiger partial charge in [-0.2, -0.15) is 5.10 Å². The van der Waals surface area contributed by atoms with Crippen LogP contribution in [-0.4, -0.2) is 16.1 Å². The largest absolute Gasteiger partial charge is 0.397 e. The summed E-state index contributed by atoms with van der Waals surface area (Å²) in [6.07, 6.45) is 1.50. The molecule has 0 bridgehead atoms. The maximum atomic E-state index is 13.3. The molecule has 0 spiro atoms. The quantitative estimate of drug-likeness (QED) is 0.758. The first-order valence-electron chi connectivity index (χ1n) is 5.81. The third-order valence-corrected chi connectivity index (χ3v) is 4.07. The summed E-state index contributed by atoms with van der Waals surface area (Å²) in [5.74, 6) is -0.981. The van der Waals surface area contributed by atoms with E-state index in [9.17, 15) is 9.18 Å². The summed E-state index contributed by atoms with van der Waals surface area (Å²) in [4.78, 5) is 13.1. The zero-order valence-corrected chi connectivity index (χ0v) is 12.0. The van der Waals surface area contributed by atoms with Gasteiger partial charge in [0.15, 0.2) is 0 Å². The monoisotopic (exact) mass is 322 g/mol. The van der Waals surface area contributed by atoms with Crippen molar-refractivity contribution in [2.75, 3.05) is 11.1 Å². The van der Waals surface area contributed by atoms with Crippen LogP contribution in [0.3, 0.4) is 0 Å². The first-order chi connectivity index (χ1) is 10.0. The Kier molecular flexibility index (Phi) is 3.44. The molecule has 0 aliphatic heterocycles. The van der Waals surface area contributed by atoms with Gasteiger partial charge in [-0.25, -0.2) is 4.39 Å². The number of nitrogens with zero attached hydrogens (tertiary/aromatic N) is 2. The van der Waals surface area contributed by atoms with Gasteiger partial charge < -0.3 is 11.1 Å². The summed E-state index contributed by atoms with van der Waals surface area (Å²) < 4.78 is 13.3. The highest BCUT2D eigenvalue weighted by atomic mass is 35.5. The summed E-state index contributed by atoms with van der Waals surface area (Å²) in [6.45, 7) is 0. The highest BCUT2D eigenvalue weighted by Gasteiger charge is 2.17. The number of hydrogen-bond donors (Lipinski definition) is 2. The Morgan fingerprint density at radius 2 is 2.19 bits per heavy atom. The Hall–Kier alpha value is -2.25. The molecule has 2 heterocycles. The van der Waals surface area contributed by atoms with E-state index in [0.717, 1.165) is 17.4 Å². The summed E-state index contributed by atoms with van der Waals surface area (Å²) in [7, 11) is 0. The highest BCUT2D eigenvalue weighted by Crippen LogP contribution is 2.32. The molecule has 3 N–H and O–H groups in total. The molecule has 2 aromatic heterocycles. The molecule has 0 aliphatic rings. The van der Waals surface area contributed by atoms with Crippen LogP contribution in [0.4, 0.5) is 15.8 Å². The predicted octanol–water partition coefficient (Wildman–Crippen LogP) is 3.32. The smallest absolute Gasteiger partial charge is 0.267 e. The molecule has 1 amide bonds. The van der Waals surface area contributed by atoms with Crippen molar-refractivity contribution in [2.24, 2.45) is 0 Å². The zero-order valence-electron chi connectivity index (χ0n) is 10.4. The molecule has 0 saturated carbocycles. The van der Waals surface area contributed by atoms with Gasteiger partial charge in [0.1, 0.15) is 15.5 Å². The lowest BCUT2D eigenvalue weighted by molar-refractivity contribution is 0.103. The number of thiophene rings is 1. The standard InChI is InChI=1S/C13H8ClFN4OS/c14-6-3-7(15)5-8(4-6)18-12(20)11-10(16)9-1-2-17-19-13(9)21-11/h1-5H,16H2,(H,18,20). The molecule has 3 aromatic rings. The first-order valence-corrected chi connectivity index (χ1v) is 7.01. The highest BCUT2D eigenvalue weighted by molar-refractivity contribution is 7.21.